The smallest absolute Gasteiger partial charge is 0.349 e. The van der Waals surface area contributed by atoms with Gasteiger partial charge in [0, 0.05) is 6.04 Å². The zero-order valence-corrected chi connectivity index (χ0v) is 16.9. The van der Waals surface area contributed by atoms with Gasteiger partial charge in [0.1, 0.15) is 0 Å². The summed E-state index contributed by atoms with van der Waals surface area (Å²) in [6.07, 6.45) is -0.749. The molecule has 0 aliphatic heterocycles. The summed E-state index contributed by atoms with van der Waals surface area (Å²) < 4.78 is 79.7. The van der Waals surface area contributed by atoms with Crippen LogP contribution in [-0.2, 0) is 12.4 Å². The molecule has 2 saturated carbocycles. The molecule has 2 nitrogen and oxygen atoms in total. The molecule has 30 heavy (non-hydrogen) atoms. The van der Waals surface area contributed by atoms with Gasteiger partial charge >= 0.3 is 12.4 Å². The topological polar surface area (TPSA) is 29.1 Å². The number of hydrogen-bond donors (Lipinski definition) is 1. The first-order chi connectivity index (χ1) is 14.0. The molecule has 0 aromatic heterocycles. The van der Waals surface area contributed by atoms with Crippen molar-refractivity contribution in [2.75, 3.05) is 0 Å². The van der Waals surface area contributed by atoms with E-state index < -0.39 is 35.0 Å². The molecule has 2 unspecified atom stereocenters. The molecule has 1 aromatic carbocycles. The third-order valence-corrected chi connectivity index (χ3v) is 6.59. The normalized spacial score (nSPS) is 24.0. The number of nitrogens with one attached hydrogen (secondary N) is 1. The molecular weight excluding hydrogens is 408 g/mol. The predicted molar refractivity (Wildman–Crippen MR) is 101 cm³/mol. The highest BCUT2D eigenvalue weighted by atomic mass is 19.4. The van der Waals surface area contributed by atoms with Crippen LogP contribution in [0.1, 0.15) is 84.8 Å². The highest BCUT2D eigenvalue weighted by molar-refractivity contribution is 5.97. The summed E-state index contributed by atoms with van der Waals surface area (Å²) >= 11 is 0. The van der Waals surface area contributed by atoms with E-state index in [0.717, 1.165) is 45.4 Å². The first-order valence-electron chi connectivity index (χ1n) is 10.6. The van der Waals surface area contributed by atoms with Crippen molar-refractivity contribution in [3.05, 3.63) is 34.4 Å². The molecule has 0 heterocycles. The van der Waals surface area contributed by atoms with Crippen LogP contribution in [0, 0.1) is 18.8 Å². The lowest BCUT2D eigenvalue weighted by molar-refractivity contribution is -0.143. The van der Waals surface area contributed by atoms with Crippen molar-refractivity contribution in [2.45, 2.75) is 83.1 Å². The minimum absolute atomic E-state index is 0.0410. The third kappa shape index (κ3) is 5.11. The fourth-order valence-electron chi connectivity index (χ4n) is 5.19. The molecule has 3 rings (SSSR count). The Balaban J connectivity index is 1.87. The fourth-order valence-corrected chi connectivity index (χ4v) is 5.19. The minimum Gasteiger partial charge on any atom is -0.349 e. The molecule has 1 amide bonds. The number of hydrogen-bond acceptors (Lipinski definition) is 1. The number of carbonyl (C=O) groups excluding carboxylic acids is 1. The lowest BCUT2D eigenvalue weighted by atomic mass is 9.82. The Bertz CT molecular complexity index is 762. The van der Waals surface area contributed by atoms with E-state index in [1.54, 1.807) is 0 Å². The van der Waals surface area contributed by atoms with E-state index in [4.69, 9.17) is 0 Å². The average Bonchev–Trinajstić information content (AvgIpc) is 2.92. The van der Waals surface area contributed by atoms with Gasteiger partial charge in [-0.25, -0.2) is 0 Å². The van der Waals surface area contributed by atoms with Crippen molar-refractivity contribution in [2.24, 2.45) is 11.8 Å². The summed E-state index contributed by atoms with van der Waals surface area (Å²) in [5, 5.41) is 2.75. The molecule has 0 bridgehead atoms. The Hall–Kier alpha value is -1.73. The summed E-state index contributed by atoms with van der Waals surface area (Å²) in [6, 6.07) is 0.421. The maximum Gasteiger partial charge on any atom is 0.417 e. The van der Waals surface area contributed by atoms with Crippen LogP contribution in [0.15, 0.2) is 12.1 Å². The molecule has 2 aliphatic carbocycles. The standard InChI is InChI=1S/C22H27F6NO/c1-13-11-15(21(23,24)25)12-17(22(26,27)28)19(13)20(30)29-18-10-6-9-16(18)14-7-4-2-3-5-8-14/h11-12,14,16,18H,2-10H2,1H3,(H,29,30). The number of alkyl halides is 6. The summed E-state index contributed by atoms with van der Waals surface area (Å²) in [5.41, 5.74) is -3.96. The number of amides is 1. The Morgan fingerprint density at radius 1 is 0.867 bits per heavy atom. The molecule has 1 aromatic rings. The van der Waals surface area contributed by atoms with Crippen LogP contribution < -0.4 is 5.32 Å². The van der Waals surface area contributed by atoms with Crippen molar-refractivity contribution >= 4 is 5.91 Å². The van der Waals surface area contributed by atoms with Gasteiger partial charge in [0.25, 0.3) is 5.91 Å². The maximum atomic E-state index is 13.5. The van der Waals surface area contributed by atoms with Gasteiger partial charge in [0.15, 0.2) is 0 Å². The van der Waals surface area contributed by atoms with E-state index in [9.17, 15) is 31.1 Å². The number of halogens is 6. The zero-order valence-electron chi connectivity index (χ0n) is 16.9. The largest absolute Gasteiger partial charge is 0.417 e. The van der Waals surface area contributed by atoms with Crippen molar-refractivity contribution in [3.63, 3.8) is 0 Å². The second-order valence-electron chi connectivity index (χ2n) is 8.64. The van der Waals surface area contributed by atoms with Crippen molar-refractivity contribution in [1.82, 2.24) is 5.32 Å². The predicted octanol–water partition coefficient (Wildman–Crippen LogP) is 6.90. The first kappa shape index (κ1) is 22.9. The number of rotatable bonds is 3. The molecule has 8 heteroatoms. The lowest BCUT2D eigenvalue weighted by Crippen LogP contribution is -2.41. The van der Waals surface area contributed by atoms with E-state index >= 15 is 0 Å². The number of aryl methyl sites for hydroxylation is 1. The fraction of sp³-hybridized carbons (Fsp3) is 0.682. The van der Waals surface area contributed by atoms with Crippen LogP contribution in [0.3, 0.4) is 0 Å². The Morgan fingerprint density at radius 3 is 2.07 bits per heavy atom. The van der Waals surface area contributed by atoms with Crippen LogP contribution in [0.25, 0.3) is 0 Å². The molecule has 0 saturated heterocycles. The SMILES string of the molecule is Cc1cc(C(F)(F)F)cc(C(F)(F)F)c1C(=O)NC1CCCC1C1CCCCCC1. The monoisotopic (exact) mass is 435 g/mol. The molecule has 2 atom stereocenters. The Kier molecular flexibility index (Phi) is 6.72. The third-order valence-electron chi connectivity index (χ3n) is 6.59. The zero-order chi connectivity index (χ0) is 22.1. The van der Waals surface area contributed by atoms with Crippen LogP contribution in [0.2, 0.25) is 0 Å². The second-order valence-corrected chi connectivity index (χ2v) is 8.64. The summed E-state index contributed by atoms with van der Waals surface area (Å²) in [6.45, 7) is 1.12. The van der Waals surface area contributed by atoms with Gasteiger partial charge in [-0.15, -0.1) is 0 Å². The highest BCUT2D eigenvalue weighted by Crippen LogP contribution is 2.41. The van der Waals surface area contributed by atoms with E-state index in [-0.39, 0.29) is 23.6 Å². The van der Waals surface area contributed by atoms with Gasteiger partial charge < -0.3 is 5.32 Å². The Morgan fingerprint density at radius 2 is 1.50 bits per heavy atom. The molecule has 2 fully saturated rings. The van der Waals surface area contributed by atoms with Crippen LogP contribution in [0.5, 0.6) is 0 Å². The van der Waals surface area contributed by atoms with Gasteiger partial charge in [0.05, 0.1) is 16.7 Å². The second kappa shape index (κ2) is 8.79. The lowest BCUT2D eigenvalue weighted by Gasteiger charge is -2.29. The van der Waals surface area contributed by atoms with Crippen LogP contribution in [-0.4, -0.2) is 11.9 Å². The minimum atomic E-state index is -5.06. The molecule has 1 N–H and O–H groups in total. The van der Waals surface area contributed by atoms with Crippen LogP contribution >= 0.6 is 0 Å². The van der Waals surface area contributed by atoms with Gasteiger partial charge in [-0.2, -0.15) is 26.3 Å². The molecule has 2 aliphatic rings. The first-order valence-corrected chi connectivity index (χ1v) is 10.6. The van der Waals surface area contributed by atoms with E-state index in [1.807, 2.05) is 0 Å². The molecule has 0 radical (unpaired) electrons. The molecule has 0 spiro atoms. The highest BCUT2D eigenvalue weighted by Gasteiger charge is 2.42. The molecular formula is C22H27F6NO. The number of benzene rings is 1. The summed E-state index contributed by atoms with van der Waals surface area (Å²) in [7, 11) is 0. The van der Waals surface area contributed by atoms with Gasteiger partial charge in [0.2, 0.25) is 0 Å². The van der Waals surface area contributed by atoms with Crippen molar-refractivity contribution < 1.29 is 31.1 Å². The van der Waals surface area contributed by atoms with Crippen molar-refractivity contribution in [3.8, 4) is 0 Å². The summed E-state index contributed by atoms with van der Waals surface area (Å²) in [5.74, 6) is -0.272. The molecule has 168 valence electrons. The van der Waals surface area contributed by atoms with Gasteiger partial charge in [-0.3, -0.25) is 4.79 Å². The summed E-state index contributed by atoms with van der Waals surface area (Å²) in [4.78, 5) is 12.9. The maximum absolute atomic E-state index is 13.5. The van der Waals surface area contributed by atoms with Crippen molar-refractivity contribution in [1.29, 1.82) is 0 Å². The van der Waals surface area contributed by atoms with Crippen LogP contribution in [0.4, 0.5) is 26.3 Å². The Labute approximate surface area is 172 Å². The van der Waals surface area contributed by atoms with E-state index in [2.05, 4.69) is 5.32 Å². The van der Waals surface area contributed by atoms with E-state index in [1.165, 1.54) is 12.8 Å². The quantitative estimate of drug-likeness (QED) is 0.406. The van der Waals surface area contributed by atoms with E-state index in [0.29, 0.717) is 18.4 Å². The van der Waals surface area contributed by atoms with Gasteiger partial charge in [-0.05, 0) is 49.3 Å². The number of carbonyl (C=O) groups is 1. The average molecular weight is 435 g/mol. The van der Waals surface area contributed by atoms with Gasteiger partial charge in [-0.1, -0.05) is 44.9 Å².